The van der Waals surface area contributed by atoms with E-state index in [-0.39, 0.29) is 11.2 Å². The first-order valence-corrected chi connectivity index (χ1v) is 11.6. The molecule has 4 rings (SSSR count). The molecule has 1 N–H and O–H groups in total. The van der Waals surface area contributed by atoms with Crippen molar-refractivity contribution in [2.24, 2.45) is 5.92 Å². The Bertz CT molecular complexity index is 1050. The van der Waals surface area contributed by atoms with E-state index in [0.717, 1.165) is 47.2 Å². The topological polar surface area (TPSA) is 72.3 Å². The van der Waals surface area contributed by atoms with Crippen molar-refractivity contribution in [2.75, 3.05) is 36.5 Å². The lowest BCUT2D eigenvalue weighted by Crippen LogP contribution is -2.38. The number of thioether (sulfide) groups is 1. The van der Waals surface area contributed by atoms with E-state index in [1.54, 1.807) is 0 Å². The zero-order valence-corrected chi connectivity index (χ0v) is 19.1. The van der Waals surface area contributed by atoms with Crippen molar-refractivity contribution in [3.05, 3.63) is 42.5 Å². The normalized spacial score (nSPS) is 15.4. The van der Waals surface area contributed by atoms with Crippen LogP contribution in [0.3, 0.4) is 0 Å². The zero-order valence-electron chi connectivity index (χ0n) is 18.2. The van der Waals surface area contributed by atoms with Gasteiger partial charge in [-0.05, 0) is 35.7 Å². The monoisotopic (exact) mass is 439 g/mol. The summed E-state index contributed by atoms with van der Waals surface area (Å²) in [5.74, 6) is 1.26. The summed E-state index contributed by atoms with van der Waals surface area (Å²) in [7, 11) is 0. The van der Waals surface area contributed by atoms with Gasteiger partial charge in [0.2, 0.25) is 11.9 Å². The number of carbonyl (C=O) groups excluding carboxylic acids is 1. The highest BCUT2D eigenvalue weighted by molar-refractivity contribution is 8.00. The molecule has 0 radical (unpaired) electrons. The average Bonchev–Trinajstić information content (AvgIpc) is 3.15. The quantitative estimate of drug-likeness (QED) is 0.560. The second-order valence-electron chi connectivity index (χ2n) is 8.20. The van der Waals surface area contributed by atoms with Gasteiger partial charge in [0.25, 0.3) is 0 Å². The van der Waals surface area contributed by atoms with Crippen molar-refractivity contribution in [3.63, 3.8) is 0 Å². The number of ether oxygens (including phenoxy) is 1. The molecular formula is C23H29N5O2S. The van der Waals surface area contributed by atoms with Crippen molar-refractivity contribution < 1.29 is 9.53 Å². The Hall–Kier alpha value is -2.58. The Morgan fingerprint density at radius 2 is 1.84 bits per heavy atom. The molecule has 164 valence electrons. The van der Waals surface area contributed by atoms with Crippen molar-refractivity contribution in [3.8, 4) is 0 Å². The predicted octanol–water partition coefficient (Wildman–Crippen LogP) is 4.04. The maximum atomic E-state index is 12.9. The van der Waals surface area contributed by atoms with Gasteiger partial charge < -0.3 is 15.0 Å². The summed E-state index contributed by atoms with van der Waals surface area (Å²) in [6.45, 7) is 10.1. The number of amides is 1. The van der Waals surface area contributed by atoms with Gasteiger partial charge in [-0.15, -0.1) is 10.2 Å². The summed E-state index contributed by atoms with van der Waals surface area (Å²) in [5.41, 5.74) is 0.800. The molecule has 0 aliphatic carbocycles. The van der Waals surface area contributed by atoms with Gasteiger partial charge in [-0.1, -0.05) is 55.9 Å². The Morgan fingerprint density at radius 1 is 1.10 bits per heavy atom. The van der Waals surface area contributed by atoms with Gasteiger partial charge in [0, 0.05) is 25.3 Å². The van der Waals surface area contributed by atoms with Gasteiger partial charge in [-0.25, -0.2) is 0 Å². The fraction of sp³-hybridized carbons (Fsp3) is 0.435. The molecular weight excluding hydrogens is 410 g/mol. The second-order valence-corrected chi connectivity index (χ2v) is 9.51. The average molecular weight is 440 g/mol. The van der Waals surface area contributed by atoms with Crippen molar-refractivity contribution in [1.29, 1.82) is 0 Å². The molecule has 3 aromatic rings. The van der Waals surface area contributed by atoms with Crippen LogP contribution < -0.4 is 10.2 Å². The van der Waals surface area contributed by atoms with Gasteiger partial charge in [0.05, 0.1) is 18.5 Å². The minimum Gasteiger partial charge on any atom is -0.378 e. The number of nitrogens with one attached hydrogen (secondary N) is 1. The molecule has 0 spiro atoms. The Balaban J connectivity index is 1.48. The fourth-order valence-corrected chi connectivity index (χ4v) is 4.47. The highest BCUT2D eigenvalue weighted by Gasteiger charge is 2.24. The number of anilines is 2. The summed E-state index contributed by atoms with van der Waals surface area (Å²) >= 11 is 1.45. The van der Waals surface area contributed by atoms with Crippen molar-refractivity contribution in [2.45, 2.75) is 37.7 Å². The standard InChI is InChI=1S/C23H29N5O2S/c1-16(2)15-28-22(27-10-12-30-13-11-27)25-26-23(28)31-17(3)21(29)24-20-9-8-18-6-4-5-7-19(18)14-20/h4-9,14,16-17H,10-13,15H2,1-3H3,(H,24,29). The van der Waals surface area contributed by atoms with Gasteiger partial charge >= 0.3 is 0 Å². The number of aromatic nitrogens is 3. The zero-order chi connectivity index (χ0) is 21.8. The molecule has 8 heteroatoms. The minimum absolute atomic E-state index is 0.0488. The van der Waals surface area contributed by atoms with Crippen LogP contribution in [0.15, 0.2) is 47.6 Å². The largest absolute Gasteiger partial charge is 0.378 e. The summed E-state index contributed by atoms with van der Waals surface area (Å²) in [4.78, 5) is 15.1. The van der Waals surface area contributed by atoms with E-state index in [1.807, 2.05) is 43.3 Å². The number of morpholine rings is 1. The molecule has 2 heterocycles. The Labute approximate surface area is 187 Å². The first-order chi connectivity index (χ1) is 15.0. The van der Waals surface area contributed by atoms with E-state index in [9.17, 15) is 4.79 Å². The highest BCUT2D eigenvalue weighted by atomic mass is 32.2. The van der Waals surface area contributed by atoms with Crippen molar-refractivity contribution >= 4 is 40.1 Å². The lowest BCUT2D eigenvalue weighted by Gasteiger charge is -2.28. The molecule has 1 aliphatic rings. The third-order valence-corrected chi connectivity index (χ3v) is 6.29. The number of fused-ring (bicyclic) bond motifs is 1. The first kappa shape index (κ1) is 21.6. The molecule has 1 saturated heterocycles. The minimum atomic E-state index is -0.306. The number of hydrogen-bond acceptors (Lipinski definition) is 6. The molecule has 0 saturated carbocycles. The molecule has 1 atom stereocenters. The maximum Gasteiger partial charge on any atom is 0.237 e. The van der Waals surface area contributed by atoms with Crippen molar-refractivity contribution in [1.82, 2.24) is 14.8 Å². The molecule has 2 aromatic carbocycles. The van der Waals surface area contributed by atoms with E-state index < -0.39 is 0 Å². The highest BCUT2D eigenvalue weighted by Crippen LogP contribution is 2.28. The lowest BCUT2D eigenvalue weighted by atomic mass is 10.1. The Morgan fingerprint density at radius 3 is 2.58 bits per heavy atom. The number of hydrogen-bond donors (Lipinski definition) is 1. The van der Waals surface area contributed by atoms with Crippen LogP contribution in [-0.4, -0.2) is 52.2 Å². The summed E-state index contributed by atoms with van der Waals surface area (Å²) in [6.07, 6.45) is 0. The molecule has 1 fully saturated rings. The van der Waals surface area contributed by atoms with Crippen LogP contribution in [0.2, 0.25) is 0 Å². The second kappa shape index (κ2) is 9.70. The molecule has 0 bridgehead atoms. The van der Waals surface area contributed by atoms with E-state index in [0.29, 0.717) is 19.1 Å². The first-order valence-electron chi connectivity index (χ1n) is 10.7. The summed E-state index contributed by atoms with van der Waals surface area (Å²) in [5, 5.41) is 14.6. The van der Waals surface area contributed by atoms with Crippen LogP contribution >= 0.6 is 11.8 Å². The Kier molecular flexibility index (Phi) is 6.77. The van der Waals surface area contributed by atoms with E-state index in [1.165, 1.54) is 11.8 Å². The fourth-order valence-electron chi connectivity index (χ4n) is 3.61. The van der Waals surface area contributed by atoms with Gasteiger partial charge in [0.15, 0.2) is 5.16 Å². The smallest absolute Gasteiger partial charge is 0.237 e. The number of nitrogens with zero attached hydrogens (tertiary/aromatic N) is 4. The van der Waals surface area contributed by atoms with E-state index in [2.05, 4.69) is 44.9 Å². The molecule has 1 amide bonds. The molecule has 1 aliphatic heterocycles. The number of carbonyl (C=O) groups is 1. The number of rotatable bonds is 7. The van der Waals surface area contributed by atoms with Crippen LogP contribution in [0, 0.1) is 5.92 Å². The predicted molar refractivity (Wildman–Crippen MR) is 126 cm³/mol. The van der Waals surface area contributed by atoms with E-state index >= 15 is 0 Å². The van der Waals surface area contributed by atoms with Crippen LogP contribution in [0.1, 0.15) is 20.8 Å². The third-order valence-electron chi connectivity index (χ3n) is 5.21. The molecule has 31 heavy (non-hydrogen) atoms. The van der Waals surface area contributed by atoms with Gasteiger partial charge in [-0.3, -0.25) is 9.36 Å². The van der Waals surface area contributed by atoms with Crippen LogP contribution in [-0.2, 0) is 16.1 Å². The molecule has 1 aromatic heterocycles. The van der Waals surface area contributed by atoms with Crippen LogP contribution in [0.25, 0.3) is 10.8 Å². The van der Waals surface area contributed by atoms with Gasteiger partial charge in [-0.2, -0.15) is 0 Å². The summed E-state index contributed by atoms with van der Waals surface area (Å²) < 4.78 is 7.61. The number of benzene rings is 2. The van der Waals surface area contributed by atoms with Crippen LogP contribution in [0.4, 0.5) is 11.6 Å². The molecule has 7 nitrogen and oxygen atoms in total. The maximum absolute atomic E-state index is 12.9. The SMILES string of the molecule is CC(C)Cn1c(SC(C)C(=O)Nc2ccc3ccccc3c2)nnc1N1CCOCC1. The lowest BCUT2D eigenvalue weighted by molar-refractivity contribution is -0.115. The third kappa shape index (κ3) is 5.19. The van der Waals surface area contributed by atoms with Crippen LogP contribution in [0.5, 0.6) is 0 Å². The molecule has 1 unspecified atom stereocenters. The van der Waals surface area contributed by atoms with E-state index in [4.69, 9.17) is 4.74 Å². The summed E-state index contributed by atoms with van der Waals surface area (Å²) in [6, 6.07) is 14.1. The van der Waals surface area contributed by atoms with Gasteiger partial charge in [0.1, 0.15) is 0 Å².